The summed E-state index contributed by atoms with van der Waals surface area (Å²) in [7, 11) is 3.60. The molecule has 3 rings (SSSR count). The normalized spacial score (nSPS) is 16.1. The van der Waals surface area contributed by atoms with Gasteiger partial charge in [-0.05, 0) is 52.7 Å². The molecule has 1 aliphatic heterocycles. The van der Waals surface area contributed by atoms with Crippen molar-refractivity contribution in [2.75, 3.05) is 23.9 Å². The van der Waals surface area contributed by atoms with Gasteiger partial charge < -0.3 is 9.32 Å². The van der Waals surface area contributed by atoms with Crippen LogP contribution < -0.4 is 15.1 Å². The number of carbonyl (C=O) groups is 3. The number of carbonyl (C=O) groups excluding carboxylic acids is 3. The van der Waals surface area contributed by atoms with Gasteiger partial charge in [0.05, 0.1) is 10.2 Å². The quantitative estimate of drug-likeness (QED) is 0.515. The highest BCUT2D eigenvalue weighted by atomic mass is 79.9. The van der Waals surface area contributed by atoms with E-state index in [1.165, 1.54) is 6.08 Å². The zero-order chi connectivity index (χ0) is 19.9. The van der Waals surface area contributed by atoms with Gasteiger partial charge in [0.25, 0.3) is 11.8 Å². The Morgan fingerprint density at radius 1 is 1.15 bits per heavy atom. The van der Waals surface area contributed by atoms with E-state index >= 15 is 0 Å². The van der Waals surface area contributed by atoms with E-state index in [1.807, 2.05) is 0 Å². The van der Waals surface area contributed by atoms with Crippen LogP contribution in [0.25, 0.3) is 6.08 Å². The number of rotatable bonds is 3. The Hall–Kier alpha value is -2.39. The lowest BCUT2D eigenvalue weighted by atomic mass is 10.1. The van der Waals surface area contributed by atoms with Crippen LogP contribution in [-0.2, 0) is 9.59 Å². The van der Waals surface area contributed by atoms with E-state index in [9.17, 15) is 14.4 Å². The summed E-state index contributed by atoms with van der Waals surface area (Å²) >= 11 is 6.71. The summed E-state index contributed by atoms with van der Waals surface area (Å²) in [6.07, 6.45) is 1.32. The van der Waals surface area contributed by atoms with Crippen molar-refractivity contribution in [3.8, 4) is 0 Å². The molecular weight excluding hydrogens is 482 g/mol. The number of urea groups is 1. The third kappa shape index (κ3) is 3.70. The number of nitrogens with one attached hydrogen (secondary N) is 1. The number of aryl methyl sites for hydroxylation is 1. The Balaban J connectivity index is 2.03. The van der Waals surface area contributed by atoms with Gasteiger partial charge in [-0.25, -0.2) is 9.69 Å². The number of anilines is 2. The smallest absolute Gasteiger partial charge is 0.335 e. The number of hydrogen-bond donors (Lipinski definition) is 1. The number of imide groups is 2. The van der Waals surface area contributed by atoms with Crippen molar-refractivity contribution in [3.05, 3.63) is 50.1 Å². The molecule has 1 saturated heterocycles. The third-order valence-corrected chi connectivity index (χ3v) is 4.94. The van der Waals surface area contributed by atoms with Gasteiger partial charge in [-0.1, -0.05) is 15.9 Å². The second-order valence-corrected chi connectivity index (χ2v) is 7.85. The molecule has 0 atom stereocenters. The highest BCUT2D eigenvalue weighted by molar-refractivity contribution is 9.10. The number of furan rings is 1. The summed E-state index contributed by atoms with van der Waals surface area (Å²) in [5, 5.41) is 2.20. The molecule has 0 unspecified atom stereocenters. The van der Waals surface area contributed by atoms with Crippen LogP contribution >= 0.6 is 31.9 Å². The molecule has 0 spiro atoms. The maximum atomic E-state index is 12.9. The minimum Gasteiger partial charge on any atom is -0.440 e. The van der Waals surface area contributed by atoms with E-state index in [4.69, 9.17) is 4.42 Å². The zero-order valence-electron chi connectivity index (χ0n) is 14.7. The summed E-state index contributed by atoms with van der Waals surface area (Å²) in [5.74, 6) is -0.629. The maximum absolute atomic E-state index is 12.9. The molecule has 9 heteroatoms. The van der Waals surface area contributed by atoms with Crippen LogP contribution in [0.3, 0.4) is 0 Å². The molecule has 2 aromatic rings. The molecule has 0 saturated carbocycles. The largest absolute Gasteiger partial charge is 0.440 e. The molecule has 1 aromatic heterocycles. The number of barbiturate groups is 1. The predicted octanol–water partition coefficient (Wildman–Crippen LogP) is 3.85. The average molecular weight is 497 g/mol. The van der Waals surface area contributed by atoms with Crippen LogP contribution in [0.15, 0.2) is 43.2 Å². The Bertz CT molecular complexity index is 994. The van der Waals surface area contributed by atoms with Gasteiger partial charge in [0, 0.05) is 24.6 Å². The molecule has 1 N–H and O–H groups in total. The lowest BCUT2D eigenvalue weighted by molar-refractivity contribution is -0.122. The number of nitrogens with zero attached hydrogens (tertiary/aromatic N) is 2. The molecule has 1 fully saturated rings. The van der Waals surface area contributed by atoms with Gasteiger partial charge in [0.1, 0.15) is 11.3 Å². The topological polar surface area (TPSA) is 82.9 Å². The summed E-state index contributed by atoms with van der Waals surface area (Å²) < 4.78 is 7.14. The van der Waals surface area contributed by atoms with Crippen molar-refractivity contribution in [1.82, 2.24) is 5.32 Å². The number of benzene rings is 1. The van der Waals surface area contributed by atoms with Crippen molar-refractivity contribution in [1.29, 1.82) is 0 Å². The SMILES string of the molecule is Cc1cc(Br)ccc1N1C(=O)NC(=O)/C(=C\c2cc(Br)c(N(C)C)o2)C1=O. The molecule has 1 aliphatic rings. The van der Waals surface area contributed by atoms with Crippen LogP contribution in [0.1, 0.15) is 11.3 Å². The van der Waals surface area contributed by atoms with Crippen LogP contribution in [-0.4, -0.2) is 31.9 Å². The summed E-state index contributed by atoms with van der Waals surface area (Å²) in [4.78, 5) is 40.1. The minimum absolute atomic E-state index is 0.191. The first-order valence-corrected chi connectivity index (χ1v) is 9.42. The maximum Gasteiger partial charge on any atom is 0.335 e. The van der Waals surface area contributed by atoms with Crippen molar-refractivity contribution in [2.24, 2.45) is 0 Å². The molecule has 4 amide bonds. The molecule has 0 aliphatic carbocycles. The first-order chi connectivity index (χ1) is 12.7. The Morgan fingerprint density at radius 3 is 2.44 bits per heavy atom. The molecule has 140 valence electrons. The zero-order valence-corrected chi connectivity index (χ0v) is 17.8. The van der Waals surface area contributed by atoms with E-state index < -0.39 is 17.8 Å². The van der Waals surface area contributed by atoms with Gasteiger partial charge >= 0.3 is 6.03 Å². The molecule has 2 heterocycles. The fraction of sp³-hybridized carbons (Fsp3) is 0.167. The second-order valence-electron chi connectivity index (χ2n) is 6.08. The minimum atomic E-state index is -0.790. The van der Waals surface area contributed by atoms with Gasteiger partial charge in [-0.3, -0.25) is 14.9 Å². The Morgan fingerprint density at radius 2 is 1.85 bits per heavy atom. The van der Waals surface area contributed by atoms with E-state index in [2.05, 4.69) is 37.2 Å². The first-order valence-electron chi connectivity index (χ1n) is 7.83. The molecular formula is C18H15Br2N3O4. The highest BCUT2D eigenvalue weighted by Gasteiger charge is 2.37. The summed E-state index contributed by atoms with van der Waals surface area (Å²) in [5.41, 5.74) is 0.911. The van der Waals surface area contributed by atoms with Crippen LogP contribution in [0, 0.1) is 6.92 Å². The van der Waals surface area contributed by atoms with Gasteiger partial charge in [-0.2, -0.15) is 0 Å². The van der Waals surface area contributed by atoms with Crippen LogP contribution in [0.4, 0.5) is 16.4 Å². The first kappa shape index (κ1) is 19.4. The van der Waals surface area contributed by atoms with Crippen LogP contribution in [0.5, 0.6) is 0 Å². The van der Waals surface area contributed by atoms with Gasteiger partial charge in [-0.15, -0.1) is 0 Å². The van der Waals surface area contributed by atoms with Crippen molar-refractivity contribution >= 4 is 67.4 Å². The third-order valence-electron chi connectivity index (χ3n) is 3.88. The fourth-order valence-electron chi connectivity index (χ4n) is 2.64. The number of halogens is 2. The lowest BCUT2D eigenvalue weighted by Gasteiger charge is -2.27. The predicted molar refractivity (Wildman–Crippen MR) is 109 cm³/mol. The number of amides is 4. The molecule has 7 nitrogen and oxygen atoms in total. The van der Waals surface area contributed by atoms with Crippen molar-refractivity contribution < 1.29 is 18.8 Å². The lowest BCUT2D eigenvalue weighted by Crippen LogP contribution is -2.54. The van der Waals surface area contributed by atoms with E-state index in [0.29, 0.717) is 27.4 Å². The van der Waals surface area contributed by atoms with Crippen molar-refractivity contribution in [2.45, 2.75) is 6.92 Å². The molecule has 1 aromatic carbocycles. The van der Waals surface area contributed by atoms with E-state index in [0.717, 1.165) is 9.37 Å². The Kier molecular flexibility index (Phi) is 5.25. The fourth-order valence-corrected chi connectivity index (χ4v) is 3.78. The molecule has 0 radical (unpaired) electrons. The van der Waals surface area contributed by atoms with Crippen LogP contribution in [0.2, 0.25) is 0 Å². The standard InChI is InChI=1S/C18H15Br2N3O4/c1-9-6-10(19)4-5-14(9)23-16(25)12(15(24)21-18(23)26)7-11-8-13(20)17(27-11)22(2)3/h4-8H,1-3H3,(H,21,24,26)/b12-7+. The van der Waals surface area contributed by atoms with Gasteiger partial charge in [0.15, 0.2) is 0 Å². The highest BCUT2D eigenvalue weighted by Crippen LogP contribution is 2.31. The summed E-state index contributed by atoms with van der Waals surface area (Å²) in [6, 6.07) is 5.99. The van der Waals surface area contributed by atoms with E-state index in [-0.39, 0.29) is 5.57 Å². The average Bonchev–Trinajstić information content (AvgIpc) is 2.94. The molecule has 0 bridgehead atoms. The second kappa shape index (κ2) is 7.32. The van der Waals surface area contributed by atoms with Crippen molar-refractivity contribution in [3.63, 3.8) is 0 Å². The Labute approximate surface area is 172 Å². The summed E-state index contributed by atoms with van der Waals surface area (Å²) in [6.45, 7) is 1.77. The monoisotopic (exact) mass is 495 g/mol. The van der Waals surface area contributed by atoms with Gasteiger partial charge in [0.2, 0.25) is 5.88 Å². The number of hydrogen-bond acceptors (Lipinski definition) is 5. The van der Waals surface area contributed by atoms with E-state index in [1.54, 1.807) is 50.2 Å². The molecule has 27 heavy (non-hydrogen) atoms.